The summed E-state index contributed by atoms with van der Waals surface area (Å²) in [5, 5.41) is 0. The first kappa shape index (κ1) is 47.6. The second kappa shape index (κ2) is 23.8. The first-order valence-corrected chi connectivity index (χ1v) is 0. The van der Waals surface area contributed by atoms with Gasteiger partial charge in [-0.05, 0) is 0 Å². The molecule has 0 saturated carbocycles. The van der Waals surface area contributed by atoms with E-state index >= 15 is 0 Å². The van der Waals surface area contributed by atoms with Crippen LogP contribution in [0, 0.1) is 0 Å². The Balaban J connectivity index is 0. The van der Waals surface area contributed by atoms with Crippen molar-refractivity contribution < 1.29 is 5.48 Å². The fourth-order valence-corrected chi connectivity index (χ4v) is 0. The van der Waals surface area contributed by atoms with E-state index in [1.165, 1.54) is 0 Å². The molecule has 0 aromatic carbocycles. The van der Waals surface area contributed by atoms with Crippen molar-refractivity contribution in [2.45, 2.75) is 0 Å². The Hall–Kier alpha value is 1.56. The fraction of sp³-hybridized carbons (Fsp3) is 0. The number of rotatable bonds is 0. The van der Waals surface area contributed by atoms with Crippen molar-refractivity contribution >= 4 is 52.1 Å². The normalized spacial score (nSPS) is 0. The smallest absolute Gasteiger partial charge is 2.00 e. The van der Waals surface area contributed by atoms with E-state index < -0.39 is 0 Å². The summed E-state index contributed by atoms with van der Waals surface area (Å²) in [6.07, 6.45) is 0. The molecule has 0 unspecified atom stereocenters. The molecule has 0 heterocycles. The molecule has 0 aromatic heterocycles. The van der Waals surface area contributed by atoms with Crippen LogP contribution in [0.4, 0.5) is 0 Å². The minimum absolute atomic E-state index is 0. The molecule has 0 bridgehead atoms. The largest absolute Gasteiger partial charge is 3.00 e. The van der Waals surface area contributed by atoms with Gasteiger partial charge in [0.1, 0.15) is 0 Å². The van der Waals surface area contributed by atoms with Crippen LogP contribution in [0.1, 0.15) is 0 Å². The first-order chi connectivity index (χ1) is 0. The molecular weight excluding hydrogens is 96.9 g/mol. The van der Waals surface area contributed by atoms with E-state index in [1.807, 2.05) is 0 Å². The van der Waals surface area contributed by atoms with Gasteiger partial charge in [-0.3, -0.25) is 0 Å². The van der Waals surface area contributed by atoms with Crippen LogP contribution >= 0.6 is 0 Å². The van der Waals surface area contributed by atoms with Crippen LogP contribution < -0.4 is 0 Å². The summed E-state index contributed by atoms with van der Waals surface area (Å²) < 4.78 is 0. The molecule has 0 aliphatic rings. The number of hydrogen-bond acceptors (Lipinski definition) is 0. The van der Waals surface area contributed by atoms with Crippen molar-refractivity contribution in [2.24, 2.45) is 0 Å². The van der Waals surface area contributed by atoms with Crippen molar-refractivity contribution in [1.29, 1.82) is 0 Å². The summed E-state index contributed by atoms with van der Waals surface area (Å²) in [6, 6.07) is 0. The molecule has 0 spiro atoms. The third-order valence-corrected chi connectivity index (χ3v) is 0. The molecule has 0 N–H and O–H groups in total. The Morgan fingerprint density at radius 3 is 0.500 bits per heavy atom. The topological polar surface area (TPSA) is 28.5 Å². The Morgan fingerprint density at radius 1 is 0.500 bits per heavy atom. The summed E-state index contributed by atoms with van der Waals surface area (Å²) in [7, 11) is 0. The standard InChI is InChI=1S/3Al.O/q3*+3;-2. The predicted molar refractivity (Wildman–Crippen MR) is 17.9 cm³/mol. The molecule has 0 radical (unpaired) electrons. The van der Waals surface area contributed by atoms with Gasteiger partial charge in [-0.25, -0.2) is 0 Å². The van der Waals surface area contributed by atoms with Gasteiger partial charge >= 0.3 is 52.1 Å². The third-order valence-electron chi connectivity index (χ3n) is 0. The summed E-state index contributed by atoms with van der Waals surface area (Å²) in [5.74, 6) is 0. The average molecular weight is 96.9 g/mol. The molecule has 0 atom stereocenters. The summed E-state index contributed by atoms with van der Waals surface area (Å²) in [4.78, 5) is 0. The Morgan fingerprint density at radius 2 is 0.500 bits per heavy atom. The van der Waals surface area contributed by atoms with Gasteiger partial charge in [0.2, 0.25) is 0 Å². The van der Waals surface area contributed by atoms with Crippen molar-refractivity contribution in [1.82, 2.24) is 0 Å². The summed E-state index contributed by atoms with van der Waals surface area (Å²) in [5.41, 5.74) is 0. The van der Waals surface area contributed by atoms with Gasteiger partial charge < -0.3 is 5.48 Å². The van der Waals surface area contributed by atoms with Crippen LogP contribution in [0.25, 0.3) is 0 Å². The second-order valence-corrected chi connectivity index (χ2v) is 0. The molecule has 0 rings (SSSR count). The van der Waals surface area contributed by atoms with Gasteiger partial charge in [0.25, 0.3) is 0 Å². The SMILES string of the molecule is [Al+3].[Al+3].[Al+3].[O-2]. The zero-order valence-electron chi connectivity index (χ0n) is 2.14. The zero-order valence-corrected chi connectivity index (χ0v) is 5.60. The second-order valence-electron chi connectivity index (χ2n) is 0. The zero-order chi connectivity index (χ0) is 0. The Bertz CT molecular complexity index is 3.25. The molecule has 4 heavy (non-hydrogen) atoms. The van der Waals surface area contributed by atoms with Gasteiger partial charge in [-0.1, -0.05) is 0 Å². The molecule has 0 saturated heterocycles. The molecule has 0 amide bonds. The van der Waals surface area contributed by atoms with Crippen molar-refractivity contribution in [2.75, 3.05) is 0 Å². The summed E-state index contributed by atoms with van der Waals surface area (Å²) in [6.45, 7) is 0. The Kier molecular flexibility index (Phi) is 283. The van der Waals surface area contributed by atoms with Crippen LogP contribution in [-0.2, 0) is 5.48 Å². The average Bonchev–Trinajstić information content (AvgIpc) is 0. The van der Waals surface area contributed by atoms with E-state index in [9.17, 15) is 0 Å². The quantitative estimate of drug-likeness (QED) is 0.337. The van der Waals surface area contributed by atoms with Crippen LogP contribution in [0.5, 0.6) is 0 Å². The van der Waals surface area contributed by atoms with Crippen molar-refractivity contribution in [3.8, 4) is 0 Å². The van der Waals surface area contributed by atoms with E-state index in [1.54, 1.807) is 0 Å². The predicted octanol–water partition coefficient (Wildman–Crippen LogP) is -1.26. The van der Waals surface area contributed by atoms with E-state index in [2.05, 4.69) is 0 Å². The third kappa shape index (κ3) is 9.59. The minimum atomic E-state index is 0. The van der Waals surface area contributed by atoms with Crippen LogP contribution in [0.15, 0.2) is 0 Å². The summed E-state index contributed by atoms with van der Waals surface area (Å²) >= 11 is 0. The molecule has 8 valence electrons. The van der Waals surface area contributed by atoms with E-state index in [4.69, 9.17) is 0 Å². The van der Waals surface area contributed by atoms with Crippen molar-refractivity contribution in [3.63, 3.8) is 0 Å². The van der Waals surface area contributed by atoms with Crippen molar-refractivity contribution in [3.05, 3.63) is 0 Å². The molecule has 0 aliphatic carbocycles. The molecule has 0 aliphatic heterocycles. The van der Waals surface area contributed by atoms with Crippen LogP contribution in [0.3, 0.4) is 0 Å². The maximum absolute atomic E-state index is 0. The van der Waals surface area contributed by atoms with Gasteiger partial charge in [-0.2, -0.15) is 0 Å². The number of hydrogen-bond donors (Lipinski definition) is 0. The Labute approximate surface area is 57.5 Å². The molecular formula is Al3O+7. The monoisotopic (exact) mass is 96.9 g/mol. The molecule has 0 fully saturated rings. The first-order valence-electron chi connectivity index (χ1n) is 0. The van der Waals surface area contributed by atoms with Crippen LogP contribution in [0.2, 0.25) is 0 Å². The maximum Gasteiger partial charge on any atom is 3.00 e. The maximum atomic E-state index is 0. The molecule has 0 aromatic rings. The van der Waals surface area contributed by atoms with E-state index in [-0.39, 0.29) is 57.6 Å². The van der Waals surface area contributed by atoms with E-state index in [0.29, 0.717) is 0 Å². The minimum Gasteiger partial charge on any atom is -2.00 e. The van der Waals surface area contributed by atoms with Gasteiger partial charge in [0, 0.05) is 0 Å². The van der Waals surface area contributed by atoms with Crippen LogP contribution in [-0.4, -0.2) is 52.1 Å². The molecule has 4 heteroatoms. The molecule has 1 nitrogen and oxygen atoms in total. The van der Waals surface area contributed by atoms with Gasteiger partial charge in [0.15, 0.2) is 0 Å². The fourth-order valence-electron chi connectivity index (χ4n) is 0. The van der Waals surface area contributed by atoms with Gasteiger partial charge in [-0.15, -0.1) is 0 Å². The van der Waals surface area contributed by atoms with E-state index in [0.717, 1.165) is 0 Å². The van der Waals surface area contributed by atoms with Gasteiger partial charge in [0.05, 0.1) is 0 Å².